The number of hydrogen-bond donors (Lipinski definition) is 1. The van der Waals surface area contributed by atoms with Crippen LogP contribution in [0.4, 0.5) is 11.6 Å². The molecule has 94 valence electrons. The van der Waals surface area contributed by atoms with Gasteiger partial charge in [0.05, 0.1) is 11.8 Å². The predicted molar refractivity (Wildman–Crippen MR) is 70.5 cm³/mol. The van der Waals surface area contributed by atoms with Crippen molar-refractivity contribution in [1.82, 2.24) is 0 Å². The molecule has 2 aromatic rings. The minimum atomic E-state index is -0.539. The van der Waals surface area contributed by atoms with Gasteiger partial charge in [-0.3, -0.25) is 10.1 Å². The van der Waals surface area contributed by atoms with E-state index in [-0.39, 0.29) is 5.88 Å². The van der Waals surface area contributed by atoms with Crippen LogP contribution in [0.3, 0.4) is 0 Å². The van der Waals surface area contributed by atoms with Crippen LogP contribution in [0, 0.1) is 17.0 Å². The maximum atomic E-state index is 10.5. The molecule has 0 saturated carbocycles. The van der Waals surface area contributed by atoms with Crippen molar-refractivity contribution < 1.29 is 9.34 Å². The van der Waals surface area contributed by atoms with Crippen LogP contribution >= 0.6 is 11.8 Å². The van der Waals surface area contributed by atoms with E-state index in [4.69, 9.17) is 10.2 Å². The number of benzene rings is 1. The number of nitrogens with zero attached hydrogens (tertiary/aromatic N) is 1. The largest absolute Gasteiger partial charge is 0.433 e. The van der Waals surface area contributed by atoms with Gasteiger partial charge < -0.3 is 10.2 Å². The summed E-state index contributed by atoms with van der Waals surface area (Å²) in [5.74, 6) is 0.918. The number of anilines is 1. The van der Waals surface area contributed by atoms with E-state index in [1.165, 1.54) is 6.07 Å². The highest BCUT2D eigenvalue weighted by atomic mass is 32.2. The topological polar surface area (TPSA) is 82.3 Å². The quantitative estimate of drug-likeness (QED) is 0.396. The van der Waals surface area contributed by atoms with Crippen LogP contribution in [0.25, 0.3) is 0 Å². The highest BCUT2D eigenvalue weighted by molar-refractivity contribution is 7.98. The molecule has 0 aliphatic heterocycles. The molecule has 2 N–H and O–H groups in total. The first-order valence-corrected chi connectivity index (χ1v) is 6.27. The van der Waals surface area contributed by atoms with Gasteiger partial charge in [-0.25, -0.2) is 0 Å². The van der Waals surface area contributed by atoms with Crippen LogP contribution in [-0.2, 0) is 5.75 Å². The lowest BCUT2D eigenvalue weighted by Gasteiger charge is -2.04. The summed E-state index contributed by atoms with van der Waals surface area (Å²) in [5.41, 5.74) is 7.48. The first-order valence-electron chi connectivity index (χ1n) is 5.28. The van der Waals surface area contributed by atoms with E-state index >= 15 is 0 Å². The average Bonchev–Trinajstić information content (AvgIpc) is 2.76. The molecule has 2 rings (SSSR count). The summed E-state index contributed by atoms with van der Waals surface area (Å²) in [7, 11) is 0. The molecule has 0 unspecified atom stereocenters. The summed E-state index contributed by atoms with van der Waals surface area (Å²) in [6.45, 7) is 1.98. The van der Waals surface area contributed by atoms with Crippen LogP contribution in [0.2, 0.25) is 0 Å². The van der Waals surface area contributed by atoms with Crippen molar-refractivity contribution in [3.8, 4) is 0 Å². The number of nitrogens with two attached hydrogens (primary N) is 1. The summed E-state index contributed by atoms with van der Waals surface area (Å²) in [4.78, 5) is 11.0. The Balaban J connectivity index is 2.04. The van der Waals surface area contributed by atoms with Gasteiger partial charge in [-0.1, -0.05) is 0 Å². The minimum absolute atomic E-state index is 0.223. The van der Waals surface area contributed by atoms with Crippen LogP contribution in [-0.4, -0.2) is 4.92 Å². The minimum Gasteiger partial charge on any atom is -0.405 e. The first kappa shape index (κ1) is 12.5. The zero-order chi connectivity index (χ0) is 13.1. The second kappa shape index (κ2) is 5.14. The van der Waals surface area contributed by atoms with Crippen molar-refractivity contribution in [2.24, 2.45) is 0 Å². The number of rotatable bonds is 4. The molecule has 6 heteroatoms. The molecule has 0 radical (unpaired) electrons. The first-order chi connectivity index (χ1) is 8.56. The SMILES string of the molecule is Cc1cc(N)ccc1SCc1ccc([N+](=O)[O-])o1. The van der Waals surface area contributed by atoms with E-state index in [1.807, 2.05) is 25.1 Å². The lowest BCUT2D eigenvalue weighted by Crippen LogP contribution is -1.87. The molecule has 5 nitrogen and oxygen atoms in total. The van der Waals surface area contributed by atoms with Crippen molar-refractivity contribution in [3.63, 3.8) is 0 Å². The highest BCUT2D eigenvalue weighted by Gasteiger charge is 2.12. The van der Waals surface area contributed by atoms with E-state index < -0.39 is 4.92 Å². The summed E-state index contributed by atoms with van der Waals surface area (Å²) < 4.78 is 5.09. The number of furan rings is 1. The Hall–Kier alpha value is -1.95. The van der Waals surface area contributed by atoms with E-state index in [1.54, 1.807) is 17.8 Å². The number of hydrogen-bond acceptors (Lipinski definition) is 5. The average molecular weight is 264 g/mol. The third kappa shape index (κ3) is 2.84. The molecule has 1 aromatic heterocycles. The summed E-state index contributed by atoms with van der Waals surface area (Å²) in [5, 5.41) is 10.5. The maximum absolute atomic E-state index is 10.5. The van der Waals surface area contributed by atoms with Gasteiger partial charge in [-0.05, 0) is 36.8 Å². The Morgan fingerprint density at radius 3 is 2.78 bits per heavy atom. The fourth-order valence-electron chi connectivity index (χ4n) is 1.53. The number of thioether (sulfide) groups is 1. The Labute approximate surface area is 108 Å². The lowest BCUT2D eigenvalue weighted by molar-refractivity contribution is -0.402. The predicted octanol–water partition coefficient (Wildman–Crippen LogP) is 3.37. The van der Waals surface area contributed by atoms with Crippen molar-refractivity contribution in [1.29, 1.82) is 0 Å². The zero-order valence-electron chi connectivity index (χ0n) is 9.75. The second-order valence-corrected chi connectivity index (χ2v) is 4.83. The molecule has 0 bridgehead atoms. The summed E-state index contributed by atoms with van der Waals surface area (Å²) in [6, 6.07) is 8.66. The molecule has 1 heterocycles. The Morgan fingerprint density at radius 2 is 2.17 bits per heavy atom. The van der Waals surface area contributed by atoms with Crippen molar-refractivity contribution >= 4 is 23.3 Å². The molecular weight excluding hydrogens is 252 g/mol. The van der Waals surface area contributed by atoms with Crippen molar-refractivity contribution in [3.05, 3.63) is 51.8 Å². The van der Waals surface area contributed by atoms with Gasteiger partial charge >= 0.3 is 5.88 Å². The zero-order valence-corrected chi connectivity index (χ0v) is 10.6. The van der Waals surface area contributed by atoms with Gasteiger partial charge in [0.1, 0.15) is 10.7 Å². The Kier molecular flexibility index (Phi) is 3.57. The molecule has 0 spiro atoms. The molecule has 0 fully saturated rings. The third-order valence-corrected chi connectivity index (χ3v) is 3.59. The van der Waals surface area contributed by atoms with Crippen LogP contribution < -0.4 is 5.73 Å². The molecule has 0 saturated heterocycles. The third-order valence-electron chi connectivity index (χ3n) is 2.40. The molecular formula is C12H12N2O3S. The standard InChI is InChI=1S/C12H12N2O3S/c1-8-6-9(13)2-4-11(8)18-7-10-3-5-12(17-10)14(15)16/h2-6H,7,13H2,1H3. The monoisotopic (exact) mass is 264 g/mol. The molecule has 18 heavy (non-hydrogen) atoms. The smallest absolute Gasteiger partial charge is 0.405 e. The molecule has 0 amide bonds. The summed E-state index contributed by atoms with van der Waals surface area (Å²) in [6.07, 6.45) is 0. The Morgan fingerprint density at radius 1 is 1.39 bits per heavy atom. The fourth-order valence-corrected chi connectivity index (χ4v) is 2.43. The fraction of sp³-hybridized carbons (Fsp3) is 0.167. The van der Waals surface area contributed by atoms with Gasteiger partial charge in [0.15, 0.2) is 0 Å². The molecule has 0 aliphatic rings. The van der Waals surface area contributed by atoms with Crippen molar-refractivity contribution in [2.75, 3.05) is 5.73 Å². The van der Waals surface area contributed by atoms with Crippen molar-refractivity contribution in [2.45, 2.75) is 17.6 Å². The number of nitrogen functional groups attached to an aromatic ring is 1. The van der Waals surface area contributed by atoms with E-state index in [2.05, 4.69) is 0 Å². The van der Waals surface area contributed by atoms with Gasteiger partial charge in [-0.15, -0.1) is 11.8 Å². The second-order valence-electron chi connectivity index (χ2n) is 3.81. The lowest BCUT2D eigenvalue weighted by atomic mass is 10.2. The molecule has 0 atom stereocenters. The Bertz CT molecular complexity index is 580. The normalized spacial score (nSPS) is 10.5. The van der Waals surface area contributed by atoms with E-state index in [0.717, 1.165) is 16.1 Å². The highest BCUT2D eigenvalue weighted by Crippen LogP contribution is 2.28. The number of aryl methyl sites for hydroxylation is 1. The maximum Gasteiger partial charge on any atom is 0.433 e. The van der Waals surface area contributed by atoms with Crippen LogP contribution in [0.5, 0.6) is 0 Å². The summed E-state index contributed by atoms with van der Waals surface area (Å²) >= 11 is 1.56. The van der Waals surface area contributed by atoms with Crippen LogP contribution in [0.1, 0.15) is 11.3 Å². The van der Waals surface area contributed by atoms with E-state index in [9.17, 15) is 10.1 Å². The van der Waals surface area contributed by atoms with Gasteiger partial charge in [0.25, 0.3) is 0 Å². The van der Waals surface area contributed by atoms with Crippen LogP contribution in [0.15, 0.2) is 39.6 Å². The van der Waals surface area contributed by atoms with Gasteiger partial charge in [0.2, 0.25) is 0 Å². The van der Waals surface area contributed by atoms with Gasteiger partial charge in [-0.2, -0.15) is 0 Å². The number of nitro groups is 1. The van der Waals surface area contributed by atoms with E-state index in [0.29, 0.717) is 11.5 Å². The molecule has 0 aliphatic carbocycles. The molecule has 1 aromatic carbocycles. The van der Waals surface area contributed by atoms with Gasteiger partial charge in [0, 0.05) is 10.6 Å².